The molecule has 2 rings (SSSR count). The van der Waals surface area contributed by atoms with Crippen molar-refractivity contribution < 1.29 is 4.74 Å². The zero-order chi connectivity index (χ0) is 21.3. The van der Waals surface area contributed by atoms with Gasteiger partial charge in [-0.15, -0.1) is 0 Å². The molecule has 0 saturated heterocycles. The fourth-order valence-electron chi connectivity index (χ4n) is 5.28. The lowest BCUT2D eigenvalue weighted by atomic mass is 9.74. The van der Waals surface area contributed by atoms with E-state index in [0.717, 1.165) is 24.2 Å². The summed E-state index contributed by atoms with van der Waals surface area (Å²) in [6, 6.07) is 8.92. The average Bonchev–Trinajstić information content (AvgIpc) is 2.78. The summed E-state index contributed by atoms with van der Waals surface area (Å²) in [5.74, 6) is 3.02. The Morgan fingerprint density at radius 2 is 1.23 bits per heavy atom. The molecule has 0 spiro atoms. The molecular formula is C29H50O. The molecule has 2 atom stereocenters. The van der Waals surface area contributed by atoms with Crippen LogP contribution in [0.2, 0.25) is 0 Å². The van der Waals surface area contributed by atoms with Crippen molar-refractivity contribution in [3.8, 4) is 5.75 Å². The van der Waals surface area contributed by atoms with Gasteiger partial charge in [0.2, 0.25) is 0 Å². The fourth-order valence-corrected chi connectivity index (χ4v) is 5.28. The van der Waals surface area contributed by atoms with Gasteiger partial charge in [0.15, 0.2) is 0 Å². The Balaban J connectivity index is 1.56. The van der Waals surface area contributed by atoms with E-state index in [1.807, 2.05) is 0 Å². The van der Waals surface area contributed by atoms with E-state index in [2.05, 4.69) is 38.1 Å². The highest BCUT2D eigenvalue weighted by Crippen LogP contribution is 2.36. The maximum atomic E-state index is 6.07. The molecule has 0 aromatic heterocycles. The number of ether oxygens (including phenoxy) is 1. The molecule has 1 aliphatic carbocycles. The van der Waals surface area contributed by atoms with Gasteiger partial charge in [0.25, 0.3) is 0 Å². The largest absolute Gasteiger partial charge is 0.494 e. The van der Waals surface area contributed by atoms with Crippen LogP contribution in [0, 0.1) is 11.8 Å². The third-order valence-corrected chi connectivity index (χ3v) is 7.23. The van der Waals surface area contributed by atoms with E-state index >= 15 is 0 Å². The van der Waals surface area contributed by atoms with E-state index in [1.165, 1.54) is 121 Å². The first-order valence-electron chi connectivity index (χ1n) is 13.5. The molecule has 2 unspecified atom stereocenters. The van der Waals surface area contributed by atoms with E-state index in [9.17, 15) is 0 Å². The highest BCUT2D eigenvalue weighted by Gasteiger charge is 2.24. The van der Waals surface area contributed by atoms with Crippen molar-refractivity contribution in [2.75, 3.05) is 6.61 Å². The lowest BCUT2D eigenvalue weighted by Crippen LogP contribution is -2.20. The molecule has 0 radical (unpaired) electrons. The Labute approximate surface area is 188 Å². The van der Waals surface area contributed by atoms with E-state index in [-0.39, 0.29) is 0 Å². The van der Waals surface area contributed by atoms with E-state index < -0.39 is 0 Å². The summed E-state index contributed by atoms with van der Waals surface area (Å²) in [5.41, 5.74) is 1.47. The molecule has 1 saturated carbocycles. The van der Waals surface area contributed by atoms with E-state index in [0.29, 0.717) is 0 Å². The van der Waals surface area contributed by atoms with Gasteiger partial charge in [-0.3, -0.25) is 0 Å². The number of hydrogen-bond donors (Lipinski definition) is 0. The first kappa shape index (κ1) is 25.3. The van der Waals surface area contributed by atoms with Gasteiger partial charge in [0.05, 0.1) is 6.61 Å². The maximum absolute atomic E-state index is 6.07. The first-order chi connectivity index (χ1) is 14.8. The third kappa shape index (κ3) is 10.9. The minimum Gasteiger partial charge on any atom is -0.494 e. The van der Waals surface area contributed by atoms with Gasteiger partial charge in [0.1, 0.15) is 5.75 Å². The molecule has 30 heavy (non-hydrogen) atoms. The Kier molecular flexibility index (Phi) is 14.1. The van der Waals surface area contributed by atoms with Crippen LogP contribution in [-0.4, -0.2) is 6.61 Å². The number of unbranched alkanes of at least 4 members (excludes halogenated alkanes) is 8. The standard InChI is InChI=1S/C29H50O/c1-3-5-7-8-9-10-12-16-26-21-23-29(24-22-26)30-25-15-20-28-19-14-13-18-27(28)17-11-6-4-2/h21-24,27-28H,3-20,25H2,1-2H3. The van der Waals surface area contributed by atoms with Crippen molar-refractivity contribution in [1.29, 1.82) is 0 Å². The normalized spacial score (nSPS) is 19.1. The van der Waals surface area contributed by atoms with Crippen molar-refractivity contribution >= 4 is 0 Å². The molecule has 1 aliphatic rings. The predicted octanol–water partition coefficient (Wildman–Crippen LogP) is 9.53. The molecule has 1 heteroatoms. The van der Waals surface area contributed by atoms with E-state index in [1.54, 1.807) is 0 Å². The number of benzene rings is 1. The number of rotatable bonds is 17. The third-order valence-electron chi connectivity index (χ3n) is 7.23. The van der Waals surface area contributed by atoms with Crippen LogP contribution in [0.5, 0.6) is 5.75 Å². The number of hydrogen-bond acceptors (Lipinski definition) is 1. The molecule has 172 valence electrons. The molecule has 1 aromatic rings. The molecule has 0 aliphatic heterocycles. The predicted molar refractivity (Wildman–Crippen MR) is 132 cm³/mol. The van der Waals surface area contributed by atoms with Crippen LogP contribution in [0.4, 0.5) is 0 Å². The Morgan fingerprint density at radius 1 is 0.667 bits per heavy atom. The van der Waals surface area contributed by atoms with Crippen LogP contribution in [0.25, 0.3) is 0 Å². The molecule has 1 fully saturated rings. The van der Waals surface area contributed by atoms with Crippen LogP contribution in [-0.2, 0) is 6.42 Å². The topological polar surface area (TPSA) is 9.23 Å². The van der Waals surface area contributed by atoms with E-state index in [4.69, 9.17) is 4.74 Å². The molecule has 1 aromatic carbocycles. The highest BCUT2D eigenvalue weighted by molar-refractivity contribution is 5.27. The second-order valence-corrected chi connectivity index (χ2v) is 9.81. The van der Waals surface area contributed by atoms with Crippen LogP contribution >= 0.6 is 0 Å². The highest BCUT2D eigenvalue weighted by atomic mass is 16.5. The summed E-state index contributed by atoms with van der Waals surface area (Å²) >= 11 is 0. The van der Waals surface area contributed by atoms with Gasteiger partial charge in [-0.1, -0.05) is 116 Å². The summed E-state index contributed by atoms with van der Waals surface area (Å²) in [6.07, 6.45) is 25.0. The summed E-state index contributed by atoms with van der Waals surface area (Å²) in [6.45, 7) is 5.49. The van der Waals surface area contributed by atoms with Gasteiger partial charge in [-0.25, -0.2) is 0 Å². The minimum atomic E-state index is 0.884. The Bertz CT molecular complexity index is 506. The van der Waals surface area contributed by atoms with Crippen molar-refractivity contribution in [2.24, 2.45) is 11.8 Å². The average molecular weight is 415 g/mol. The molecule has 0 amide bonds. The Morgan fingerprint density at radius 3 is 1.90 bits per heavy atom. The van der Waals surface area contributed by atoms with Gasteiger partial charge in [-0.05, 0) is 55.2 Å². The van der Waals surface area contributed by atoms with Crippen molar-refractivity contribution in [3.63, 3.8) is 0 Å². The van der Waals surface area contributed by atoms with Gasteiger partial charge < -0.3 is 4.74 Å². The lowest BCUT2D eigenvalue weighted by molar-refractivity contribution is 0.190. The van der Waals surface area contributed by atoms with Crippen LogP contribution in [0.15, 0.2) is 24.3 Å². The molecule has 1 nitrogen and oxygen atoms in total. The zero-order valence-electron chi connectivity index (χ0n) is 20.3. The summed E-state index contributed by atoms with van der Waals surface area (Å²) < 4.78 is 6.07. The maximum Gasteiger partial charge on any atom is 0.119 e. The number of aryl methyl sites for hydroxylation is 1. The molecular weight excluding hydrogens is 364 g/mol. The second-order valence-electron chi connectivity index (χ2n) is 9.81. The summed E-state index contributed by atoms with van der Waals surface area (Å²) in [7, 11) is 0. The minimum absolute atomic E-state index is 0.884. The second kappa shape index (κ2) is 16.7. The van der Waals surface area contributed by atoms with Crippen molar-refractivity contribution in [2.45, 2.75) is 129 Å². The monoisotopic (exact) mass is 414 g/mol. The molecule has 0 heterocycles. The fraction of sp³-hybridized carbons (Fsp3) is 0.793. The lowest BCUT2D eigenvalue weighted by Gasteiger charge is -2.31. The smallest absolute Gasteiger partial charge is 0.119 e. The van der Waals surface area contributed by atoms with Crippen LogP contribution in [0.3, 0.4) is 0 Å². The van der Waals surface area contributed by atoms with Crippen molar-refractivity contribution in [1.82, 2.24) is 0 Å². The molecule has 0 N–H and O–H groups in total. The van der Waals surface area contributed by atoms with Gasteiger partial charge >= 0.3 is 0 Å². The van der Waals surface area contributed by atoms with Gasteiger partial charge in [0, 0.05) is 0 Å². The van der Waals surface area contributed by atoms with Crippen LogP contribution < -0.4 is 4.74 Å². The van der Waals surface area contributed by atoms with Crippen LogP contribution in [0.1, 0.15) is 129 Å². The first-order valence-corrected chi connectivity index (χ1v) is 13.5. The SMILES string of the molecule is CCCCCCCCCc1ccc(OCCCC2CCCCC2CCCCC)cc1. The zero-order valence-corrected chi connectivity index (χ0v) is 20.3. The van der Waals surface area contributed by atoms with Gasteiger partial charge in [-0.2, -0.15) is 0 Å². The quantitative estimate of drug-likeness (QED) is 0.231. The Hall–Kier alpha value is -0.980. The summed E-state index contributed by atoms with van der Waals surface area (Å²) in [4.78, 5) is 0. The van der Waals surface area contributed by atoms with Crippen molar-refractivity contribution in [3.05, 3.63) is 29.8 Å². The summed E-state index contributed by atoms with van der Waals surface area (Å²) in [5, 5.41) is 0. The molecule has 0 bridgehead atoms.